The number of aryl methyl sites for hydroxylation is 4. The van der Waals surface area contributed by atoms with E-state index in [0.29, 0.717) is 12.5 Å². The molecule has 0 saturated heterocycles. The summed E-state index contributed by atoms with van der Waals surface area (Å²) in [6.45, 7) is 8.50. The molecule has 0 atom stereocenters. The number of aromatic nitrogens is 2. The lowest BCUT2D eigenvalue weighted by atomic mass is 10.1. The van der Waals surface area contributed by atoms with E-state index >= 15 is 0 Å². The number of sulfonamides is 1. The van der Waals surface area contributed by atoms with Gasteiger partial charge in [0.25, 0.3) is 15.7 Å². The first-order valence-corrected chi connectivity index (χ1v) is 12.5. The molecule has 1 heterocycles. The topological polar surface area (TPSA) is 119 Å². The van der Waals surface area contributed by atoms with Crippen molar-refractivity contribution in [3.05, 3.63) is 87.0 Å². The second kappa shape index (κ2) is 9.30. The minimum Gasteiger partial charge on any atom is -0.309 e. The molecule has 0 aliphatic heterocycles. The molecule has 0 saturated carbocycles. The van der Waals surface area contributed by atoms with Crippen LogP contribution in [0.2, 0.25) is 0 Å². The number of non-ortho nitro benzene ring substituents is 1. The molecule has 0 bridgehead atoms. The normalized spacial score (nSPS) is 11.9. The second-order valence-electron chi connectivity index (χ2n) is 8.29. The van der Waals surface area contributed by atoms with Gasteiger partial charge in [-0.1, -0.05) is 17.7 Å². The molecule has 0 aliphatic rings. The SMILES string of the molecule is CCn1c(/N=C/c2cc([N+](=O)[O-])ccc2NS(=O)(=O)c2ccc(C)cc2)nc2cc(C)c(C)cc21. The third-order valence-electron chi connectivity index (χ3n) is 5.80. The van der Waals surface area contributed by atoms with E-state index in [-0.39, 0.29) is 21.8 Å². The van der Waals surface area contributed by atoms with E-state index in [9.17, 15) is 18.5 Å². The molecule has 0 unspecified atom stereocenters. The number of nitrogens with one attached hydrogen (secondary N) is 1. The zero-order chi connectivity index (χ0) is 25.3. The summed E-state index contributed by atoms with van der Waals surface area (Å²) < 4.78 is 30.3. The zero-order valence-corrected chi connectivity index (χ0v) is 20.6. The Morgan fingerprint density at radius 1 is 1.06 bits per heavy atom. The largest absolute Gasteiger partial charge is 0.309 e. The van der Waals surface area contributed by atoms with E-state index in [1.807, 2.05) is 38.3 Å². The predicted octanol–water partition coefficient (Wildman–Crippen LogP) is 5.44. The number of nitro groups is 1. The van der Waals surface area contributed by atoms with Gasteiger partial charge in [0.2, 0.25) is 5.95 Å². The monoisotopic (exact) mass is 491 g/mol. The lowest BCUT2D eigenvalue weighted by Gasteiger charge is -2.11. The fourth-order valence-corrected chi connectivity index (χ4v) is 4.78. The maximum atomic E-state index is 12.9. The Morgan fingerprint density at radius 3 is 2.40 bits per heavy atom. The lowest BCUT2D eigenvalue weighted by molar-refractivity contribution is -0.384. The lowest BCUT2D eigenvalue weighted by Crippen LogP contribution is -2.14. The molecule has 4 rings (SSSR count). The molecule has 35 heavy (non-hydrogen) atoms. The van der Waals surface area contributed by atoms with Crippen molar-refractivity contribution in [1.29, 1.82) is 0 Å². The second-order valence-corrected chi connectivity index (χ2v) is 9.97. The molecule has 0 amide bonds. The van der Waals surface area contributed by atoms with Crippen LogP contribution in [0.4, 0.5) is 17.3 Å². The van der Waals surface area contributed by atoms with Crippen LogP contribution >= 0.6 is 0 Å². The number of hydrogen-bond acceptors (Lipinski definition) is 6. The Balaban J connectivity index is 1.77. The summed E-state index contributed by atoms with van der Waals surface area (Å²) in [7, 11) is -3.91. The maximum Gasteiger partial charge on any atom is 0.270 e. The summed E-state index contributed by atoms with van der Waals surface area (Å²) in [4.78, 5) is 20.0. The molecular weight excluding hydrogens is 466 g/mol. The quantitative estimate of drug-likeness (QED) is 0.210. The van der Waals surface area contributed by atoms with Crippen LogP contribution in [0, 0.1) is 30.9 Å². The van der Waals surface area contributed by atoms with Crippen molar-refractivity contribution < 1.29 is 13.3 Å². The van der Waals surface area contributed by atoms with E-state index in [1.165, 1.54) is 36.5 Å². The molecule has 1 aromatic heterocycles. The van der Waals surface area contributed by atoms with Gasteiger partial charge in [0.15, 0.2) is 0 Å². The van der Waals surface area contributed by atoms with Crippen LogP contribution in [0.25, 0.3) is 11.0 Å². The van der Waals surface area contributed by atoms with Gasteiger partial charge in [0, 0.05) is 30.5 Å². The van der Waals surface area contributed by atoms with Gasteiger partial charge in [-0.25, -0.2) is 18.4 Å². The average molecular weight is 492 g/mol. The summed E-state index contributed by atoms with van der Waals surface area (Å²) >= 11 is 0. The maximum absolute atomic E-state index is 12.9. The highest BCUT2D eigenvalue weighted by molar-refractivity contribution is 7.92. The van der Waals surface area contributed by atoms with Crippen LogP contribution in [0.1, 0.15) is 29.2 Å². The third kappa shape index (κ3) is 4.92. The van der Waals surface area contributed by atoms with Crippen LogP contribution in [-0.2, 0) is 16.6 Å². The molecule has 0 fully saturated rings. The number of anilines is 1. The van der Waals surface area contributed by atoms with Crippen LogP contribution in [0.3, 0.4) is 0 Å². The number of hydrogen-bond donors (Lipinski definition) is 1. The summed E-state index contributed by atoms with van der Waals surface area (Å²) in [5.74, 6) is 0.423. The summed E-state index contributed by atoms with van der Waals surface area (Å²) in [5, 5.41) is 11.4. The molecular formula is C25H25N5O4S. The van der Waals surface area contributed by atoms with Gasteiger partial charge < -0.3 is 4.57 Å². The Labute approximate surface area is 203 Å². The van der Waals surface area contributed by atoms with Gasteiger partial charge in [-0.2, -0.15) is 0 Å². The highest BCUT2D eigenvalue weighted by atomic mass is 32.2. The van der Waals surface area contributed by atoms with Crippen molar-refractivity contribution in [2.75, 3.05) is 4.72 Å². The van der Waals surface area contributed by atoms with Crippen molar-refractivity contribution in [3.63, 3.8) is 0 Å². The Kier molecular flexibility index (Phi) is 6.40. The first-order chi connectivity index (χ1) is 16.6. The van der Waals surface area contributed by atoms with Crippen LogP contribution in [-0.4, -0.2) is 29.1 Å². The number of nitrogens with zero attached hydrogens (tertiary/aromatic N) is 4. The predicted molar refractivity (Wildman–Crippen MR) is 137 cm³/mol. The number of nitro benzene ring substituents is 1. The molecule has 180 valence electrons. The summed E-state index contributed by atoms with van der Waals surface area (Å²) in [6.07, 6.45) is 1.40. The van der Waals surface area contributed by atoms with Crippen molar-refractivity contribution in [1.82, 2.24) is 9.55 Å². The van der Waals surface area contributed by atoms with Crippen molar-refractivity contribution in [2.24, 2.45) is 4.99 Å². The van der Waals surface area contributed by atoms with Crippen molar-refractivity contribution >= 4 is 44.6 Å². The molecule has 10 heteroatoms. The van der Waals surface area contributed by atoms with Crippen LogP contribution in [0.15, 0.2) is 64.5 Å². The van der Waals surface area contributed by atoms with Gasteiger partial charge in [-0.15, -0.1) is 0 Å². The van der Waals surface area contributed by atoms with Gasteiger partial charge in [0.05, 0.1) is 26.5 Å². The fourth-order valence-electron chi connectivity index (χ4n) is 3.69. The highest BCUT2D eigenvalue weighted by Crippen LogP contribution is 2.27. The van der Waals surface area contributed by atoms with Crippen molar-refractivity contribution in [2.45, 2.75) is 39.1 Å². The molecule has 0 aliphatic carbocycles. The van der Waals surface area contributed by atoms with E-state index in [4.69, 9.17) is 0 Å². The first-order valence-electron chi connectivity index (χ1n) is 11.0. The van der Waals surface area contributed by atoms with E-state index in [2.05, 4.69) is 20.8 Å². The Bertz CT molecular complexity index is 1570. The summed E-state index contributed by atoms with van der Waals surface area (Å²) in [6, 6.07) is 14.3. The fraction of sp³-hybridized carbons (Fsp3) is 0.200. The molecule has 9 nitrogen and oxygen atoms in total. The van der Waals surface area contributed by atoms with Crippen LogP contribution in [0.5, 0.6) is 0 Å². The Hall–Kier alpha value is -4.05. The molecule has 0 spiro atoms. The first kappa shape index (κ1) is 24.1. The smallest absolute Gasteiger partial charge is 0.270 e. The molecule has 4 aromatic rings. The van der Waals surface area contributed by atoms with Crippen molar-refractivity contribution in [3.8, 4) is 0 Å². The van der Waals surface area contributed by atoms with Gasteiger partial charge in [-0.3, -0.25) is 14.8 Å². The molecule has 0 radical (unpaired) electrons. The van der Waals surface area contributed by atoms with E-state index in [0.717, 1.165) is 27.7 Å². The third-order valence-corrected chi connectivity index (χ3v) is 7.18. The molecule has 1 N–H and O–H groups in total. The summed E-state index contributed by atoms with van der Waals surface area (Å²) in [5.41, 5.74) is 5.14. The average Bonchev–Trinajstić information content (AvgIpc) is 3.14. The van der Waals surface area contributed by atoms with E-state index < -0.39 is 14.9 Å². The Morgan fingerprint density at radius 2 is 1.74 bits per heavy atom. The van der Waals surface area contributed by atoms with Gasteiger partial charge in [0.1, 0.15) is 0 Å². The minimum atomic E-state index is -3.91. The number of fused-ring (bicyclic) bond motifs is 1. The van der Waals surface area contributed by atoms with Crippen LogP contribution < -0.4 is 4.72 Å². The van der Waals surface area contributed by atoms with Gasteiger partial charge >= 0.3 is 0 Å². The minimum absolute atomic E-state index is 0.0860. The zero-order valence-electron chi connectivity index (χ0n) is 19.8. The molecule has 3 aromatic carbocycles. The van der Waals surface area contributed by atoms with E-state index in [1.54, 1.807) is 12.1 Å². The number of aliphatic imine (C=N–C) groups is 1. The number of benzene rings is 3. The number of rotatable bonds is 7. The van der Waals surface area contributed by atoms with Gasteiger partial charge in [-0.05, 0) is 69.2 Å². The number of imidazole rings is 1. The standard InChI is InChI=1S/C25H25N5O4S/c1-5-29-24-13-18(4)17(3)12-23(24)27-25(29)26-15-19-14-20(30(31)32)8-11-22(19)28-35(33,34)21-9-6-16(2)7-10-21/h6-15,28H,5H2,1-4H3/b26-15+. The highest BCUT2D eigenvalue weighted by Gasteiger charge is 2.18.